The molecule has 202 valence electrons. The second kappa shape index (κ2) is 12.7. The van der Waals surface area contributed by atoms with Gasteiger partial charge in [0.2, 0.25) is 0 Å². The molecule has 2 amide bonds. The van der Waals surface area contributed by atoms with Crippen LogP contribution in [0.3, 0.4) is 0 Å². The summed E-state index contributed by atoms with van der Waals surface area (Å²) in [5.41, 5.74) is 2.49. The molecule has 0 atom stereocenters. The van der Waals surface area contributed by atoms with Gasteiger partial charge in [0.25, 0.3) is 0 Å². The van der Waals surface area contributed by atoms with E-state index in [1.165, 1.54) is 24.0 Å². The van der Waals surface area contributed by atoms with Crippen LogP contribution in [0.25, 0.3) is 0 Å². The smallest absolute Gasteiger partial charge is 0.327 e. The summed E-state index contributed by atoms with van der Waals surface area (Å²) in [6, 6.07) is 11.2. The fraction of sp³-hybridized carbons (Fsp3) is 0.346. The van der Waals surface area contributed by atoms with Crippen LogP contribution in [0.5, 0.6) is 11.5 Å². The third-order valence-electron chi connectivity index (χ3n) is 6.43. The van der Waals surface area contributed by atoms with Crippen molar-refractivity contribution in [1.82, 2.24) is 14.9 Å². The van der Waals surface area contributed by atoms with Crippen molar-refractivity contribution in [3.63, 3.8) is 0 Å². The number of hydrogen-bond acceptors (Lipinski definition) is 8. The molecule has 0 unspecified atom stereocenters. The molecule has 0 bridgehead atoms. The maximum Gasteiger partial charge on any atom is 0.327 e. The summed E-state index contributed by atoms with van der Waals surface area (Å²) in [6.07, 6.45) is 1.41. The molecule has 38 heavy (non-hydrogen) atoms. The van der Waals surface area contributed by atoms with E-state index in [0.29, 0.717) is 32.4 Å². The Labute approximate surface area is 241 Å². The van der Waals surface area contributed by atoms with Gasteiger partial charge < -0.3 is 29.9 Å². The lowest BCUT2D eigenvalue weighted by molar-refractivity contribution is 0.258. The molecule has 10 nitrogen and oxygen atoms in total. The Morgan fingerprint density at radius 2 is 1.76 bits per heavy atom. The first-order valence-electron chi connectivity index (χ1n) is 12.2. The van der Waals surface area contributed by atoms with Crippen LogP contribution in [-0.2, 0) is 0 Å². The number of carbonyl (C=O) groups is 1. The minimum Gasteiger partial charge on any atom is -0.495 e. The van der Waals surface area contributed by atoms with E-state index in [4.69, 9.17) is 21.1 Å². The van der Waals surface area contributed by atoms with E-state index in [0.717, 1.165) is 38.4 Å². The fourth-order valence-electron chi connectivity index (χ4n) is 4.11. The van der Waals surface area contributed by atoms with Crippen molar-refractivity contribution < 1.29 is 14.3 Å². The molecule has 1 saturated heterocycles. The van der Waals surface area contributed by atoms with Crippen molar-refractivity contribution in [2.75, 3.05) is 74.4 Å². The van der Waals surface area contributed by atoms with Crippen LogP contribution in [0, 0.1) is 3.57 Å². The summed E-state index contributed by atoms with van der Waals surface area (Å²) in [4.78, 5) is 27.9. The second-order valence-corrected chi connectivity index (χ2v) is 10.1. The molecule has 0 aliphatic carbocycles. The van der Waals surface area contributed by atoms with Crippen molar-refractivity contribution in [3.05, 3.63) is 51.3 Å². The van der Waals surface area contributed by atoms with E-state index in [-0.39, 0.29) is 5.02 Å². The van der Waals surface area contributed by atoms with Crippen LogP contribution in [0.1, 0.15) is 6.92 Å². The molecule has 0 spiro atoms. The topological polar surface area (TPSA) is 95.1 Å². The maximum absolute atomic E-state index is 13.1. The van der Waals surface area contributed by atoms with E-state index in [9.17, 15) is 4.79 Å². The number of rotatable bonds is 8. The van der Waals surface area contributed by atoms with Gasteiger partial charge in [-0.3, -0.25) is 4.90 Å². The van der Waals surface area contributed by atoms with Crippen molar-refractivity contribution >= 4 is 68.9 Å². The zero-order valence-electron chi connectivity index (χ0n) is 21.8. The number of nitrogens with zero attached hydrogens (tertiary/aromatic N) is 5. The van der Waals surface area contributed by atoms with Crippen LogP contribution in [0.15, 0.2) is 42.7 Å². The highest BCUT2D eigenvalue weighted by atomic mass is 127. The van der Waals surface area contributed by atoms with Gasteiger partial charge >= 0.3 is 6.03 Å². The highest BCUT2D eigenvalue weighted by Gasteiger charge is 2.21. The van der Waals surface area contributed by atoms with Crippen LogP contribution in [0.2, 0.25) is 5.02 Å². The number of halogens is 2. The molecular weight excluding hydrogens is 621 g/mol. The quantitative estimate of drug-likeness (QED) is 0.317. The van der Waals surface area contributed by atoms with Gasteiger partial charge in [-0.1, -0.05) is 18.5 Å². The lowest BCUT2D eigenvalue weighted by atomic mass is 10.2. The fourth-order valence-corrected chi connectivity index (χ4v) is 5.33. The highest BCUT2D eigenvalue weighted by molar-refractivity contribution is 14.1. The molecule has 3 aromatic rings. The Hall–Kier alpha value is -3.03. The highest BCUT2D eigenvalue weighted by Crippen LogP contribution is 2.41. The summed E-state index contributed by atoms with van der Waals surface area (Å²) < 4.78 is 11.4. The SMILES string of the molecule is CCN1CCN(c2ccc(Nc3cc(N(C)C(=O)Nc4c(Cl)c(OC)cc(OC)c4I)ncn3)cc2)CC1. The molecule has 0 saturated carbocycles. The number of likely N-dealkylation sites (N-methyl/N-ethyl adjacent to an activating group) is 1. The number of ether oxygens (including phenoxy) is 2. The lowest BCUT2D eigenvalue weighted by Gasteiger charge is -2.35. The summed E-state index contributed by atoms with van der Waals surface area (Å²) in [5.74, 6) is 1.90. The summed E-state index contributed by atoms with van der Waals surface area (Å²) in [6.45, 7) is 7.51. The molecule has 4 rings (SSSR count). The predicted molar refractivity (Wildman–Crippen MR) is 161 cm³/mol. The predicted octanol–water partition coefficient (Wildman–Crippen LogP) is 5.31. The van der Waals surface area contributed by atoms with Gasteiger partial charge in [0.05, 0.1) is 23.5 Å². The third kappa shape index (κ3) is 6.33. The molecule has 1 aromatic heterocycles. The van der Waals surface area contributed by atoms with E-state index < -0.39 is 6.03 Å². The first-order valence-corrected chi connectivity index (χ1v) is 13.6. The molecule has 2 N–H and O–H groups in total. The van der Waals surface area contributed by atoms with Crippen molar-refractivity contribution in [3.8, 4) is 11.5 Å². The molecule has 1 fully saturated rings. The summed E-state index contributed by atoms with van der Waals surface area (Å²) in [5, 5.41) is 6.41. The second-order valence-electron chi connectivity index (χ2n) is 8.63. The van der Waals surface area contributed by atoms with Gasteiger partial charge in [-0.25, -0.2) is 14.8 Å². The maximum atomic E-state index is 13.1. The van der Waals surface area contributed by atoms with Crippen LogP contribution in [-0.4, -0.2) is 74.9 Å². The molecule has 2 aromatic carbocycles. The molecule has 1 aliphatic heterocycles. The average Bonchev–Trinajstić information content (AvgIpc) is 2.95. The van der Waals surface area contributed by atoms with E-state index in [1.54, 1.807) is 26.3 Å². The zero-order chi connectivity index (χ0) is 27.2. The van der Waals surface area contributed by atoms with Crippen molar-refractivity contribution in [2.45, 2.75) is 6.92 Å². The van der Waals surface area contributed by atoms with Crippen LogP contribution >= 0.6 is 34.2 Å². The number of hydrogen-bond donors (Lipinski definition) is 2. The van der Waals surface area contributed by atoms with Crippen molar-refractivity contribution in [2.24, 2.45) is 0 Å². The Morgan fingerprint density at radius 1 is 1.08 bits per heavy atom. The van der Waals surface area contributed by atoms with Gasteiger partial charge in [-0.2, -0.15) is 0 Å². The monoisotopic (exact) mass is 651 g/mol. The molecule has 0 radical (unpaired) electrons. The Morgan fingerprint density at radius 3 is 2.39 bits per heavy atom. The summed E-state index contributed by atoms with van der Waals surface area (Å²) >= 11 is 8.54. The Kier molecular flexibility index (Phi) is 9.34. The molecule has 12 heteroatoms. The first-order chi connectivity index (χ1) is 18.3. The normalized spacial score (nSPS) is 13.7. The molecule has 1 aliphatic rings. The average molecular weight is 652 g/mol. The number of urea groups is 1. The number of piperazine rings is 1. The largest absolute Gasteiger partial charge is 0.495 e. The minimum absolute atomic E-state index is 0.278. The van der Waals surface area contributed by atoms with Gasteiger partial charge in [0.1, 0.15) is 34.5 Å². The number of methoxy groups -OCH3 is 2. The minimum atomic E-state index is -0.433. The van der Waals surface area contributed by atoms with Gasteiger partial charge in [-0.05, 0) is 53.4 Å². The van der Waals surface area contributed by atoms with Gasteiger partial charge in [0, 0.05) is 56.7 Å². The van der Waals surface area contributed by atoms with E-state index >= 15 is 0 Å². The number of anilines is 5. The Balaban J connectivity index is 1.44. The Bertz CT molecular complexity index is 1240. The number of nitrogens with one attached hydrogen (secondary N) is 2. The van der Waals surface area contributed by atoms with Crippen LogP contribution < -0.4 is 29.9 Å². The number of carbonyl (C=O) groups excluding carboxylic acids is 1. The standard InChI is InChI=1S/C26H31ClIN7O3/c1-5-34-10-12-35(13-11-34)18-8-6-17(7-9-18)31-21-15-22(30-16-29-21)33(2)26(36)32-25-23(27)19(37-3)14-20(38-4)24(25)28/h6-9,14-16H,5,10-13H2,1-4H3,(H,32,36)(H,29,30,31). The lowest BCUT2D eigenvalue weighted by Crippen LogP contribution is -2.46. The summed E-state index contributed by atoms with van der Waals surface area (Å²) in [7, 11) is 4.66. The van der Waals surface area contributed by atoms with Crippen LogP contribution in [0.4, 0.5) is 33.5 Å². The molecule has 2 heterocycles. The third-order valence-corrected chi connectivity index (χ3v) is 7.88. The molecular formula is C26H31ClIN7O3. The van der Waals surface area contributed by atoms with Crippen molar-refractivity contribution in [1.29, 1.82) is 0 Å². The van der Waals surface area contributed by atoms with Gasteiger partial charge in [0.15, 0.2) is 0 Å². The number of aromatic nitrogens is 2. The van der Waals surface area contributed by atoms with E-state index in [2.05, 4.69) is 72.0 Å². The van der Waals surface area contributed by atoms with Gasteiger partial charge in [-0.15, -0.1) is 0 Å². The number of amides is 2. The number of benzene rings is 2. The van der Waals surface area contributed by atoms with E-state index in [1.807, 2.05) is 12.1 Å². The first kappa shape index (κ1) is 28.0. The zero-order valence-corrected chi connectivity index (χ0v) is 24.7.